The Bertz CT molecular complexity index is 489. The van der Waals surface area contributed by atoms with Crippen molar-refractivity contribution >= 4 is 5.97 Å². The third-order valence-electron chi connectivity index (χ3n) is 2.31. The lowest BCUT2D eigenvalue weighted by Crippen LogP contribution is -2.01. The zero-order chi connectivity index (χ0) is 11.4. The molecule has 2 aromatic carbocycles. The Morgan fingerprint density at radius 3 is 2.56 bits per heavy atom. The molecule has 0 aromatic heterocycles. The Morgan fingerprint density at radius 1 is 1.12 bits per heavy atom. The molecule has 0 aliphatic rings. The van der Waals surface area contributed by atoms with Gasteiger partial charge in [0.25, 0.3) is 0 Å². The third-order valence-corrected chi connectivity index (χ3v) is 2.31. The number of hydrogen-bond donors (Lipinski definition) is 0. The van der Waals surface area contributed by atoms with Crippen molar-refractivity contribution in [2.24, 2.45) is 0 Å². The van der Waals surface area contributed by atoms with Crippen LogP contribution < -0.4 is 0 Å². The maximum absolute atomic E-state index is 11.3. The van der Waals surface area contributed by atoms with Gasteiger partial charge in [-0.3, -0.25) is 0 Å². The molecule has 2 heteroatoms. The molecule has 0 heterocycles. The van der Waals surface area contributed by atoms with Gasteiger partial charge >= 0.3 is 5.97 Å². The number of methoxy groups -OCH3 is 1. The van der Waals surface area contributed by atoms with Crippen LogP contribution in [0.25, 0.3) is 11.1 Å². The highest BCUT2D eigenvalue weighted by molar-refractivity contribution is 5.90. The highest BCUT2D eigenvalue weighted by Crippen LogP contribution is 2.19. The molecule has 0 fully saturated rings. The van der Waals surface area contributed by atoms with E-state index >= 15 is 0 Å². The van der Waals surface area contributed by atoms with Crippen molar-refractivity contribution in [3.8, 4) is 11.1 Å². The molecule has 0 saturated carbocycles. The van der Waals surface area contributed by atoms with E-state index in [1.165, 1.54) is 7.11 Å². The molecule has 2 nitrogen and oxygen atoms in total. The summed E-state index contributed by atoms with van der Waals surface area (Å²) in [5, 5.41) is 0. The number of carbonyl (C=O) groups is 1. The smallest absolute Gasteiger partial charge is 0.338 e. The van der Waals surface area contributed by atoms with Gasteiger partial charge in [-0.1, -0.05) is 42.5 Å². The van der Waals surface area contributed by atoms with E-state index < -0.39 is 0 Å². The van der Waals surface area contributed by atoms with Crippen LogP contribution in [0.3, 0.4) is 0 Å². The van der Waals surface area contributed by atoms with Crippen molar-refractivity contribution < 1.29 is 9.53 Å². The second kappa shape index (κ2) is 4.62. The maximum Gasteiger partial charge on any atom is 0.338 e. The molecule has 16 heavy (non-hydrogen) atoms. The second-order valence-corrected chi connectivity index (χ2v) is 3.35. The van der Waals surface area contributed by atoms with Gasteiger partial charge in [0.2, 0.25) is 0 Å². The molecular formula is C14H11O2. The summed E-state index contributed by atoms with van der Waals surface area (Å²) in [7, 11) is 1.37. The summed E-state index contributed by atoms with van der Waals surface area (Å²) in [6.45, 7) is 0. The molecular weight excluding hydrogens is 200 g/mol. The average molecular weight is 211 g/mol. The Morgan fingerprint density at radius 2 is 1.88 bits per heavy atom. The molecule has 0 spiro atoms. The quantitative estimate of drug-likeness (QED) is 0.714. The van der Waals surface area contributed by atoms with E-state index in [1.807, 2.05) is 36.4 Å². The van der Waals surface area contributed by atoms with Crippen LogP contribution in [0.1, 0.15) is 10.4 Å². The monoisotopic (exact) mass is 211 g/mol. The SMILES string of the molecule is COC(=O)c1[c]ccc(-c2ccccc2)c1. The molecule has 1 radical (unpaired) electrons. The van der Waals surface area contributed by atoms with Crippen LogP contribution in [-0.4, -0.2) is 13.1 Å². The van der Waals surface area contributed by atoms with Crippen LogP contribution in [0.15, 0.2) is 48.5 Å². The Balaban J connectivity index is 2.40. The van der Waals surface area contributed by atoms with Crippen LogP contribution in [0.5, 0.6) is 0 Å². The van der Waals surface area contributed by atoms with E-state index in [0.717, 1.165) is 11.1 Å². The molecule has 0 aliphatic heterocycles. The number of rotatable bonds is 2. The Kier molecular flexibility index (Phi) is 3.01. The van der Waals surface area contributed by atoms with Gasteiger partial charge in [-0.2, -0.15) is 0 Å². The molecule has 0 unspecified atom stereocenters. The molecule has 0 saturated heterocycles. The zero-order valence-electron chi connectivity index (χ0n) is 8.94. The minimum absolute atomic E-state index is 0.363. The first-order chi connectivity index (χ1) is 7.81. The fourth-order valence-electron chi connectivity index (χ4n) is 1.50. The van der Waals surface area contributed by atoms with Crippen molar-refractivity contribution in [1.29, 1.82) is 0 Å². The summed E-state index contributed by atoms with van der Waals surface area (Å²) >= 11 is 0. The predicted octanol–water partition coefficient (Wildman–Crippen LogP) is 2.94. The van der Waals surface area contributed by atoms with Crippen molar-refractivity contribution in [3.63, 3.8) is 0 Å². The predicted molar refractivity (Wildman–Crippen MR) is 62.1 cm³/mol. The third kappa shape index (κ3) is 2.11. The standard InChI is InChI=1S/C14H11O2/c1-16-14(15)13-9-5-8-12(10-13)11-6-3-2-4-7-11/h2-8,10H,1H3. The van der Waals surface area contributed by atoms with E-state index in [0.29, 0.717) is 5.56 Å². The van der Waals surface area contributed by atoms with Crippen LogP contribution in [0.2, 0.25) is 0 Å². The number of carbonyl (C=O) groups excluding carboxylic acids is 1. The lowest BCUT2D eigenvalue weighted by molar-refractivity contribution is 0.0600. The summed E-state index contributed by atoms with van der Waals surface area (Å²) < 4.78 is 4.66. The van der Waals surface area contributed by atoms with Gasteiger partial charge in [-0.25, -0.2) is 4.79 Å². The van der Waals surface area contributed by atoms with Crippen molar-refractivity contribution in [2.45, 2.75) is 0 Å². The van der Waals surface area contributed by atoms with E-state index in [9.17, 15) is 4.79 Å². The molecule has 79 valence electrons. The van der Waals surface area contributed by atoms with Crippen LogP contribution in [-0.2, 0) is 4.74 Å². The molecule has 0 amide bonds. The first kappa shape index (κ1) is 10.4. The lowest BCUT2D eigenvalue weighted by Gasteiger charge is -2.03. The fraction of sp³-hybridized carbons (Fsp3) is 0.0714. The first-order valence-electron chi connectivity index (χ1n) is 4.97. The number of benzene rings is 2. The van der Waals surface area contributed by atoms with E-state index in [4.69, 9.17) is 0 Å². The molecule has 0 atom stereocenters. The molecule has 2 aromatic rings. The van der Waals surface area contributed by atoms with Crippen LogP contribution in [0, 0.1) is 6.07 Å². The Labute approximate surface area is 94.5 Å². The van der Waals surface area contributed by atoms with Crippen LogP contribution >= 0.6 is 0 Å². The zero-order valence-corrected chi connectivity index (χ0v) is 8.94. The highest BCUT2D eigenvalue weighted by atomic mass is 16.5. The number of esters is 1. The van der Waals surface area contributed by atoms with Gasteiger partial charge in [0.1, 0.15) is 0 Å². The molecule has 0 aliphatic carbocycles. The second-order valence-electron chi connectivity index (χ2n) is 3.35. The van der Waals surface area contributed by atoms with E-state index in [-0.39, 0.29) is 5.97 Å². The molecule has 0 bridgehead atoms. The lowest BCUT2D eigenvalue weighted by atomic mass is 10.0. The molecule has 2 rings (SSSR count). The van der Waals surface area contributed by atoms with Gasteiger partial charge in [-0.15, -0.1) is 0 Å². The van der Waals surface area contributed by atoms with Gasteiger partial charge in [0.15, 0.2) is 0 Å². The van der Waals surface area contributed by atoms with E-state index in [2.05, 4.69) is 10.8 Å². The van der Waals surface area contributed by atoms with Crippen LogP contribution in [0.4, 0.5) is 0 Å². The minimum Gasteiger partial charge on any atom is -0.465 e. The van der Waals surface area contributed by atoms with Gasteiger partial charge < -0.3 is 4.74 Å². The minimum atomic E-state index is -0.363. The fourth-order valence-corrected chi connectivity index (χ4v) is 1.50. The summed E-state index contributed by atoms with van der Waals surface area (Å²) in [4.78, 5) is 11.3. The maximum atomic E-state index is 11.3. The topological polar surface area (TPSA) is 26.3 Å². The highest BCUT2D eigenvalue weighted by Gasteiger charge is 2.06. The van der Waals surface area contributed by atoms with Crippen molar-refractivity contribution in [3.05, 3.63) is 60.2 Å². The van der Waals surface area contributed by atoms with E-state index in [1.54, 1.807) is 12.1 Å². The summed E-state index contributed by atoms with van der Waals surface area (Å²) in [6.07, 6.45) is 0. The average Bonchev–Trinajstić information content (AvgIpc) is 2.39. The van der Waals surface area contributed by atoms with Crippen molar-refractivity contribution in [2.75, 3.05) is 7.11 Å². The molecule has 0 N–H and O–H groups in total. The van der Waals surface area contributed by atoms with Gasteiger partial charge in [-0.05, 0) is 23.3 Å². The van der Waals surface area contributed by atoms with Gasteiger partial charge in [0, 0.05) is 0 Å². The largest absolute Gasteiger partial charge is 0.465 e. The Hall–Kier alpha value is -2.09. The number of hydrogen-bond acceptors (Lipinski definition) is 2. The van der Waals surface area contributed by atoms with Crippen molar-refractivity contribution in [1.82, 2.24) is 0 Å². The van der Waals surface area contributed by atoms with Gasteiger partial charge in [0.05, 0.1) is 12.7 Å². The number of ether oxygens (including phenoxy) is 1. The normalized spacial score (nSPS) is 9.81. The summed E-state index contributed by atoms with van der Waals surface area (Å²) in [6, 6.07) is 18.2. The summed E-state index contributed by atoms with van der Waals surface area (Å²) in [5.41, 5.74) is 2.50. The summed E-state index contributed by atoms with van der Waals surface area (Å²) in [5.74, 6) is -0.363. The first-order valence-corrected chi connectivity index (χ1v) is 4.97.